The fraction of sp³-hybridized carbons (Fsp3) is 0.385. The van der Waals surface area contributed by atoms with Crippen molar-refractivity contribution >= 4 is 11.5 Å². The molecule has 0 aliphatic heterocycles. The van der Waals surface area contributed by atoms with Crippen LogP contribution in [0.25, 0.3) is 0 Å². The minimum Gasteiger partial charge on any atom is -0.349 e. The molecule has 2 rings (SSSR count). The van der Waals surface area contributed by atoms with Crippen molar-refractivity contribution in [2.45, 2.75) is 33.9 Å². The SMILES string of the molecule is CCn1c(C)cc(C(=O)Cn2cc([N+](=O)[O-])cn2)c1C. The molecule has 0 bridgehead atoms. The average Bonchev–Trinajstić information content (AvgIpc) is 2.94. The molecular weight excluding hydrogens is 260 g/mol. The third kappa shape index (κ3) is 2.47. The second kappa shape index (κ2) is 5.28. The Labute approximate surface area is 116 Å². The predicted molar refractivity (Wildman–Crippen MR) is 72.8 cm³/mol. The average molecular weight is 276 g/mol. The van der Waals surface area contributed by atoms with E-state index in [0.29, 0.717) is 5.56 Å². The van der Waals surface area contributed by atoms with E-state index < -0.39 is 4.92 Å². The quantitative estimate of drug-likeness (QED) is 0.475. The minimum absolute atomic E-state index is 0.00183. The third-order valence-electron chi connectivity index (χ3n) is 3.33. The van der Waals surface area contributed by atoms with Crippen LogP contribution in [0.2, 0.25) is 0 Å². The van der Waals surface area contributed by atoms with E-state index >= 15 is 0 Å². The Morgan fingerprint density at radius 3 is 2.65 bits per heavy atom. The van der Waals surface area contributed by atoms with Crippen LogP contribution in [0.1, 0.15) is 28.7 Å². The number of rotatable bonds is 5. The van der Waals surface area contributed by atoms with Gasteiger partial charge in [-0.25, -0.2) is 0 Å². The smallest absolute Gasteiger partial charge is 0.307 e. The molecule has 0 spiro atoms. The molecule has 106 valence electrons. The summed E-state index contributed by atoms with van der Waals surface area (Å²) in [7, 11) is 0. The number of aromatic nitrogens is 3. The lowest BCUT2D eigenvalue weighted by Crippen LogP contribution is -2.12. The molecule has 0 aliphatic carbocycles. The summed E-state index contributed by atoms with van der Waals surface area (Å²) in [4.78, 5) is 22.3. The number of Topliss-reactive ketones (excluding diaryl/α,β-unsaturated/α-hetero) is 1. The van der Waals surface area contributed by atoms with Gasteiger partial charge in [-0.15, -0.1) is 0 Å². The maximum atomic E-state index is 12.3. The fourth-order valence-corrected chi connectivity index (χ4v) is 2.34. The number of hydrogen-bond acceptors (Lipinski definition) is 4. The van der Waals surface area contributed by atoms with Crippen LogP contribution in [0.3, 0.4) is 0 Å². The minimum atomic E-state index is -0.531. The van der Waals surface area contributed by atoms with E-state index in [1.54, 1.807) is 0 Å². The number of carbonyl (C=O) groups excluding carboxylic acids is 1. The van der Waals surface area contributed by atoms with Crippen molar-refractivity contribution in [3.8, 4) is 0 Å². The topological polar surface area (TPSA) is 83.0 Å². The molecule has 0 saturated carbocycles. The normalized spacial score (nSPS) is 10.8. The molecule has 0 unspecified atom stereocenters. The van der Waals surface area contributed by atoms with Crippen LogP contribution in [-0.2, 0) is 13.1 Å². The number of aryl methyl sites for hydroxylation is 1. The molecule has 7 heteroatoms. The van der Waals surface area contributed by atoms with Gasteiger partial charge < -0.3 is 4.57 Å². The van der Waals surface area contributed by atoms with Crippen LogP contribution in [-0.4, -0.2) is 25.1 Å². The molecule has 2 aromatic heterocycles. The van der Waals surface area contributed by atoms with Gasteiger partial charge in [-0.1, -0.05) is 0 Å². The van der Waals surface area contributed by atoms with Gasteiger partial charge >= 0.3 is 5.69 Å². The Kier molecular flexibility index (Phi) is 3.69. The zero-order chi connectivity index (χ0) is 14.9. The second-order valence-corrected chi connectivity index (χ2v) is 4.61. The lowest BCUT2D eigenvalue weighted by atomic mass is 10.1. The van der Waals surface area contributed by atoms with Crippen LogP contribution < -0.4 is 0 Å². The molecule has 20 heavy (non-hydrogen) atoms. The van der Waals surface area contributed by atoms with E-state index in [4.69, 9.17) is 0 Å². The molecule has 0 aliphatic rings. The van der Waals surface area contributed by atoms with Gasteiger partial charge in [-0.3, -0.25) is 19.6 Å². The number of carbonyl (C=O) groups is 1. The van der Waals surface area contributed by atoms with E-state index in [9.17, 15) is 14.9 Å². The van der Waals surface area contributed by atoms with E-state index in [2.05, 4.69) is 9.67 Å². The second-order valence-electron chi connectivity index (χ2n) is 4.61. The van der Waals surface area contributed by atoms with Crippen LogP contribution in [0.5, 0.6) is 0 Å². The summed E-state index contributed by atoms with van der Waals surface area (Å²) >= 11 is 0. The first-order valence-electron chi connectivity index (χ1n) is 6.30. The van der Waals surface area contributed by atoms with Crippen molar-refractivity contribution in [1.29, 1.82) is 0 Å². The molecular formula is C13H16N4O3. The molecule has 0 atom stereocenters. The fourth-order valence-electron chi connectivity index (χ4n) is 2.34. The molecule has 7 nitrogen and oxygen atoms in total. The highest BCUT2D eigenvalue weighted by Gasteiger charge is 2.17. The van der Waals surface area contributed by atoms with Gasteiger partial charge in [0.05, 0.1) is 4.92 Å². The summed E-state index contributed by atoms with van der Waals surface area (Å²) in [5.74, 6) is -0.101. The summed E-state index contributed by atoms with van der Waals surface area (Å²) in [6.45, 7) is 6.67. The van der Waals surface area contributed by atoms with Gasteiger partial charge in [0.25, 0.3) is 0 Å². The van der Waals surface area contributed by atoms with Crippen molar-refractivity contribution in [1.82, 2.24) is 14.3 Å². The predicted octanol–water partition coefficient (Wildman–Crippen LogP) is 2.11. The Morgan fingerprint density at radius 1 is 1.45 bits per heavy atom. The lowest BCUT2D eigenvalue weighted by molar-refractivity contribution is -0.385. The highest BCUT2D eigenvalue weighted by Crippen LogP contribution is 2.16. The van der Waals surface area contributed by atoms with Crippen molar-refractivity contribution in [3.63, 3.8) is 0 Å². The first kappa shape index (κ1) is 14.0. The van der Waals surface area contributed by atoms with Gasteiger partial charge in [0.2, 0.25) is 0 Å². The van der Waals surface area contributed by atoms with Gasteiger partial charge in [0.1, 0.15) is 18.9 Å². The Bertz CT molecular complexity index is 669. The van der Waals surface area contributed by atoms with Crippen LogP contribution in [0.4, 0.5) is 5.69 Å². The van der Waals surface area contributed by atoms with E-state index in [1.165, 1.54) is 10.9 Å². The van der Waals surface area contributed by atoms with E-state index in [0.717, 1.165) is 24.1 Å². The zero-order valence-corrected chi connectivity index (χ0v) is 11.7. The van der Waals surface area contributed by atoms with Crippen LogP contribution in [0, 0.1) is 24.0 Å². The van der Waals surface area contributed by atoms with Gasteiger partial charge in [0, 0.05) is 23.5 Å². The number of hydrogen-bond donors (Lipinski definition) is 0. The van der Waals surface area contributed by atoms with Crippen molar-refractivity contribution in [3.05, 3.63) is 45.5 Å². The van der Waals surface area contributed by atoms with E-state index in [-0.39, 0.29) is 18.0 Å². The molecule has 0 radical (unpaired) electrons. The zero-order valence-electron chi connectivity index (χ0n) is 11.7. The Balaban J connectivity index is 2.21. The number of nitrogens with zero attached hydrogens (tertiary/aromatic N) is 4. The summed E-state index contributed by atoms with van der Waals surface area (Å²) in [6.07, 6.45) is 2.40. The molecule has 2 heterocycles. The van der Waals surface area contributed by atoms with Crippen molar-refractivity contribution < 1.29 is 9.72 Å². The Morgan fingerprint density at radius 2 is 2.15 bits per heavy atom. The molecule has 0 saturated heterocycles. The summed E-state index contributed by atoms with van der Waals surface area (Å²) in [5.41, 5.74) is 2.47. The van der Waals surface area contributed by atoms with Crippen LogP contribution >= 0.6 is 0 Å². The summed E-state index contributed by atoms with van der Waals surface area (Å²) < 4.78 is 3.34. The van der Waals surface area contributed by atoms with Gasteiger partial charge in [0.15, 0.2) is 5.78 Å². The lowest BCUT2D eigenvalue weighted by Gasteiger charge is -2.05. The van der Waals surface area contributed by atoms with Crippen molar-refractivity contribution in [2.24, 2.45) is 0 Å². The van der Waals surface area contributed by atoms with Gasteiger partial charge in [-0.05, 0) is 26.8 Å². The maximum absolute atomic E-state index is 12.3. The molecule has 0 N–H and O–H groups in total. The number of ketones is 1. The first-order chi connectivity index (χ1) is 9.43. The largest absolute Gasteiger partial charge is 0.349 e. The van der Waals surface area contributed by atoms with E-state index in [1.807, 2.05) is 26.8 Å². The van der Waals surface area contributed by atoms with Crippen LogP contribution in [0.15, 0.2) is 18.5 Å². The number of nitro groups is 1. The summed E-state index contributed by atoms with van der Waals surface area (Å²) in [5, 5.41) is 14.4. The molecule has 0 amide bonds. The third-order valence-corrected chi connectivity index (χ3v) is 3.33. The first-order valence-corrected chi connectivity index (χ1v) is 6.30. The molecule has 0 aromatic carbocycles. The monoisotopic (exact) mass is 276 g/mol. The molecule has 2 aromatic rings. The highest BCUT2D eigenvalue weighted by molar-refractivity contribution is 5.97. The highest BCUT2D eigenvalue weighted by atomic mass is 16.6. The maximum Gasteiger partial charge on any atom is 0.307 e. The molecule has 0 fully saturated rings. The standard InChI is InChI=1S/C13H16N4O3/c1-4-16-9(2)5-12(10(16)3)13(18)8-15-7-11(6-14-15)17(19)20/h5-7H,4,8H2,1-3H3. The summed E-state index contributed by atoms with van der Waals surface area (Å²) in [6, 6.07) is 1.85. The van der Waals surface area contributed by atoms with Crippen molar-refractivity contribution in [2.75, 3.05) is 0 Å². The Hall–Kier alpha value is -2.44. The van der Waals surface area contributed by atoms with Gasteiger partial charge in [-0.2, -0.15) is 5.10 Å².